The van der Waals surface area contributed by atoms with Gasteiger partial charge in [-0.2, -0.15) is 0 Å². The van der Waals surface area contributed by atoms with Gasteiger partial charge in [0.1, 0.15) is 17.7 Å². The highest BCUT2D eigenvalue weighted by Gasteiger charge is 2.11. The largest absolute Gasteiger partial charge is 0.457 e. The maximum atomic E-state index is 10.7. The summed E-state index contributed by atoms with van der Waals surface area (Å²) in [6.07, 6.45) is 1.24. The molecule has 0 fully saturated rings. The Morgan fingerprint density at radius 3 is 2.32 bits per heavy atom. The molecule has 5 heteroatoms. The molecule has 0 atom stereocenters. The van der Waals surface area contributed by atoms with Crippen LogP contribution >= 0.6 is 0 Å². The first-order valence-electron chi connectivity index (χ1n) is 6.67. The van der Waals surface area contributed by atoms with Gasteiger partial charge in [0.25, 0.3) is 5.69 Å². The number of benzene rings is 2. The van der Waals surface area contributed by atoms with Gasteiger partial charge in [0, 0.05) is 11.6 Å². The van der Waals surface area contributed by atoms with Crippen LogP contribution in [0, 0.1) is 10.1 Å². The summed E-state index contributed by atoms with van der Waals surface area (Å²) in [4.78, 5) is 14.4. The van der Waals surface area contributed by atoms with Crippen molar-refractivity contribution in [1.29, 1.82) is 0 Å². The zero-order valence-corrected chi connectivity index (χ0v) is 11.5. The van der Waals surface area contributed by atoms with E-state index in [0.29, 0.717) is 11.4 Å². The average Bonchev–Trinajstić information content (AvgIpc) is 2.56. The molecule has 0 amide bonds. The normalized spacial score (nSPS) is 10.2. The fourth-order valence-corrected chi connectivity index (χ4v) is 2.04. The molecule has 5 nitrogen and oxygen atoms in total. The van der Waals surface area contributed by atoms with Crippen LogP contribution in [0.15, 0.2) is 72.9 Å². The second-order valence-electron chi connectivity index (χ2n) is 4.57. The standard InChI is InChI=1S/C17H12N2O3/c20-19(21)13-10-11-16(18-12-13)15-8-4-5-9-17(15)22-14-6-2-1-3-7-14/h1-12H. The average molecular weight is 292 g/mol. The van der Waals surface area contributed by atoms with E-state index in [1.165, 1.54) is 12.3 Å². The summed E-state index contributed by atoms with van der Waals surface area (Å²) in [7, 11) is 0. The number of ether oxygens (including phenoxy) is 1. The maximum Gasteiger partial charge on any atom is 0.287 e. The number of pyridine rings is 1. The Morgan fingerprint density at radius 1 is 0.909 bits per heavy atom. The Labute approximate surface area is 127 Å². The Balaban J connectivity index is 1.95. The van der Waals surface area contributed by atoms with Crippen molar-refractivity contribution in [1.82, 2.24) is 4.98 Å². The lowest BCUT2D eigenvalue weighted by atomic mass is 10.1. The van der Waals surface area contributed by atoms with E-state index < -0.39 is 4.92 Å². The molecule has 1 aromatic heterocycles. The SMILES string of the molecule is O=[N+]([O-])c1ccc(-c2ccccc2Oc2ccccc2)nc1. The molecular weight excluding hydrogens is 280 g/mol. The number of aromatic nitrogens is 1. The van der Waals surface area contributed by atoms with Crippen LogP contribution in [0.2, 0.25) is 0 Å². The Bertz CT molecular complexity index is 787. The van der Waals surface area contributed by atoms with E-state index in [2.05, 4.69) is 4.98 Å². The van der Waals surface area contributed by atoms with Crippen LogP contribution < -0.4 is 4.74 Å². The van der Waals surface area contributed by atoms with Crippen molar-refractivity contribution in [3.8, 4) is 22.8 Å². The Kier molecular flexibility index (Phi) is 3.78. The molecule has 0 aliphatic rings. The first kappa shape index (κ1) is 13.8. The second kappa shape index (κ2) is 6.05. The number of rotatable bonds is 4. The fourth-order valence-electron chi connectivity index (χ4n) is 2.04. The topological polar surface area (TPSA) is 65.3 Å². The highest BCUT2D eigenvalue weighted by atomic mass is 16.6. The third-order valence-electron chi connectivity index (χ3n) is 3.09. The zero-order valence-electron chi connectivity index (χ0n) is 11.5. The van der Waals surface area contributed by atoms with Gasteiger partial charge in [-0.15, -0.1) is 0 Å². The van der Waals surface area contributed by atoms with Crippen molar-refractivity contribution in [3.05, 3.63) is 83.0 Å². The van der Waals surface area contributed by atoms with Crippen LogP contribution in [0.1, 0.15) is 0 Å². The lowest BCUT2D eigenvalue weighted by Crippen LogP contribution is -1.92. The molecule has 0 spiro atoms. The minimum absolute atomic E-state index is 0.0368. The van der Waals surface area contributed by atoms with Gasteiger partial charge in [-0.1, -0.05) is 30.3 Å². The van der Waals surface area contributed by atoms with E-state index in [0.717, 1.165) is 11.3 Å². The van der Waals surface area contributed by atoms with E-state index in [1.54, 1.807) is 6.07 Å². The Morgan fingerprint density at radius 2 is 1.64 bits per heavy atom. The van der Waals surface area contributed by atoms with Gasteiger partial charge < -0.3 is 4.74 Å². The van der Waals surface area contributed by atoms with Gasteiger partial charge in [0.15, 0.2) is 0 Å². The molecule has 108 valence electrons. The van der Waals surface area contributed by atoms with Crippen molar-refractivity contribution in [2.24, 2.45) is 0 Å². The summed E-state index contributed by atoms with van der Waals surface area (Å²) in [6.45, 7) is 0. The molecule has 0 unspecified atom stereocenters. The predicted molar refractivity (Wildman–Crippen MR) is 82.8 cm³/mol. The van der Waals surface area contributed by atoms with E-state index >= 15 is 0 Å². The molecule has 3 rings (SSSR count). The quantitative estimate of drug-likeness (QED) is 0.526. The highest BCUT2D eigenvalue weighted by molar-refractivity contribution is 5.68. The zero-order chi connectivity index (χ0) is 15.4. The van der Waals surface area contributed by atoms with E-state index in [-0.39, 0.29) is 5.69 Å². The van der Waals surface area contributed by atoms with Gasteiger partial charge in [0.05, 0.1) is 10.6 Å². The van der Waals surface area contributed by atoms with E-state index in [4.69, 9.17) is 4.74 Å². The number of nitro groups is 1. The van der Waals surface area contributed by atoms with Crippen LogP contribution in [0.3, 0.4) is 0 Å². The summed E-state index contributed by atoms with van der Waals surface area (Å²) in [5.74, 6) is 1.37. The maximum absolute atomic E-state index is 10.7. The third-order valence-corrected chi connectivity index (χ3v) is 3.09. The van der Waals surface area contributed by atoms with Gasteiger partial charge >= 0.3 is 0 Å². The first-order valence-corrected chi connectivity index (χ1v) is 6.67. The lowest BCUT2D eigenvalue weighted by Gasteiger charge is -2.10. The molecule has 0 aliphatic heterocycles. The molecule has 3 aromatic rings. The minimum Gasteiger partial charge on any atom is -0.457 e. The lowest BCUT2D eigenvalue weighted by molar-refractivity contribution is -0.385. The van der Waals surface area contributed by atoms with Crippen molar-refractivity contribution >= 4 is 5.69 Å². The number of nitrogens with zero attached hydrogens (tertiary/aromatic N) is 2. The third kappa shape index (κ3) is 2.93. The van der Waals surface area contributed by atoms with Crippen LogP contribution in [-0.2, 0) is 0 Å². The molecular formula is C17H12N2O3. The number of hydrogen-bond acceptors (Lipinski definition) is 4. The molecule has 0 N–H and O–H groups in total. The van der Waals surface area contributed by atoms with E-state index in [1.807, 2.05) is 54.6 Å². The Hall–Kier alpha value is -3.21. The molecule has 2 aromatic carbocycles. The number of hydrogen-bond donors (Lipinski definition) is 0. The summed E-state index contributed by atoms with van der Waals surface area (Å²) in [5.41, 5.74) is 1.36. The van der Waals surface area contributed by atoms with Gasteiger partial charge in [-0.25, -0.2) is 4.98 Å². The van der Waals surface area contributed by atoms with Gasteiger partial charge in [0.2, 0.25) is 0 Å². The summed E-state index contributed by atoms with van der Waals surface area (Å²) in [5, 5.41) is 10.7. The summed E-state index contributed by atoms with van der Waals surface area (Å²) >= 11 is 0. The monoisotopic (exact) mass is 292 g/mol. The predicted octanol–water partition coefficient (Wildman–Crippen LogP) is 4.45. The van der Waals surface area contributed by atoms with Crippen LogP contribution in [-0.4, -0.2) is 9.91 Å². The molecule has 0 bridgehead atoms. The van der Waals surface area contributed by atoms with Crippen LogP contribution in [0.4, 0.5) is 5.69 Å². The second-order valence-corrected chi connectivity index (χ2v) is 4.57. The highest BCUT2D eigenvalue weighted by Crippen LogP contribution is 2.32. The van der Waals surface area contributed by atoms with Gasteiger partial charge in [-0.3, -0.25) is 10.1 Å². The first-order chi connectivity index (χ1) is 10.7. The van der Waals surface area contributed by atoms with Crippen molar-refractivity contribution < 1.29 is 9.66 Å². The van der Waals surface area contributed by atoms with Crippen LogP contribution in [0.5, 0.6) is 11.5 Å². The van der Waals surface area contributed by atoms with Gasteiger partial charge in [-0.05, 0) is 30.3 Å². The fraction of sp³-hybridized carbons (Fsp3) is 0. The summed E-state index contributed by atoms with van der Waals surface area (Å²) in [6, 6.07) is 19.9. The molecule has 0 radical (unpaired) electrons. The van der Waals surface area contributed by atoms with Crippen molar-refractivity contribution in [2.45, 2.75) is 0 Å². The number of para-hydroxylation sites is 2. The minimum atomic E-state index is -0.469. The summed E-state index contributed by atoms with van der Waals surface area (Å²) < 4.78 is 5.87. The molecule has 0 saturated carbocycles. The molecule has 0 saturated heterocycles. The van der Waals surface area contributed by atoms with Crippen molar-refractivity contribution in [3.63, 3.8) is 0 Å². The van der Waals surface area contributed by atoms with Crippen LogP contribution in [0.25, 0.3) is 11.3 Å². The molecule has 22 heavy (non-hydrogen) atoms. The molecule has 0 aliphatic carbocycles. The smallest absolute Gasteiger partial charge is 0.287 e. The van der Waals surface area contributed by atoms with Crippen molar-refractivity contribution in [2.75, 3.05) is 0 Å². The van der Waals surface area contributed by atoms with E-state index in [9.17, 15) is 10.1 Å². The molecule has 1 heterocycles.